The number of rotatable bonds is 5. The van der Waals surface area contributed by atoms with E-state index >= 15 is 0 Å². The molecule has 0 unspecified atom stereocenters. The number of hydrogen-bond acceptors (Lipinski definition) is 3. The molecule has 2 aromatic rings. The largest absolute Gasteiger partial charge is 0.325 e. The third-order valence-electron chi connectivity index (χ3n) is 4.92. The van der Waals surface area contributed by atoms with Crippen LogP contribution in [0.3, 0.4) is 0 Å². The molecule has 1 heterocycles. The number of anilines is 1. The van der Waals surface area contributed by atoms with Crippen LogP contribution in [0, 0.1) is 19.7 Å². The monoisotopic (exact) mass is 433 g/mol. The maximum Gasteiger partial charge on any atom is 0.238 e. The number of nitrogens with zero attached hydrogens (tertiary/aromatic N) is 2. The number of amides is 1. The molecule has 0 aliphatic carbocycles. The van der Waals surface area contributed by atoms with Crippen LogP contribution < -0.4 is 5.32 Å². The summed E-state index contributed by atoms with van der Waals surface area (Å²) >= 11 is 3.24. The second kappa shape index (κ2) is 8.95. The van der Waals surface area contributed by atoms with Crippen molar-refractivity contribution in [1.82, 2.24) is 9.80 Å². The lowest BCUT2D eigenvalue weighted by atomic mass is 10.1. The van der Waals surface area contributed by atoms with Crippen molar-refractivity contribution in [2.24, 2.45) is 0 Å². The van der Waals surface area contributed by atoms with Crippen molar-refractivity contribution in [1.29, 1.82) is 0 Å². The highest BCUT2D eigenvalue weighted by Crippen LogP contribution is 2.20. The average Bonchev–Trinajstić information content (AvgIpc) is 2.63. The summed E-state index contributed by atoms with van der Waals surface area (Å²) in [4.78, 5) is 16.8. The van der Waals surface area contributed by atoms with E-state index in [-0.39, 0.29) is 11.7 Å². The molecule has 6 heteroatoms. The van der Waals surface area contributed by atoms with Crippen molar-refractivity contribution in [3.05, 3.63) is 63.4 Å². The molecule has 0 aromatic heterocycles. The van der Waals surface area contributed by atoms with E-state index in [1.165, 1.54) is 0 Å². The minimum Gasteiger partial charge on any atom is -0.325 e. The van der Waals surface area contributed by atoms with Gasteiger partial charge in [-0.2, -0.15) is 0 Å². The third-order valence-corrected chi connectivity index (χ3v) is 5.54. The summed E-state index contributed by atoms with van der Waals surface area (Å²) in [5, 5.41) is 3.01. The van der Waals surface area contributed by atoms with Gasteiger partial charge in [0, 0.05) is 44.0 Å². The normalized spacial score (nSPS) is 15.7. The molecule has 4 nitrogen and oxygen atoms in total. The Morgan fingerprint density at radius 3 is 2.56 bits per heavy atom. The van der Waals surface area contributed by atoms with E-state index in [0.29, 0.717) is 23.1 Å². The second-order valence-corrected chi connectivity index (χ2v) is 7.99. The number of nitrogens with one attached hydrogen (secondary N) is 1. The number of hydrogen-bond donors (Lipinski definition) is 1. The lowest BCUT2D eigenvalue weighted by Gasteiger charge is -2.34. The highest BCUT2D eigenvalue weighted by atomic mass is 79.9. The summed E-state index contributed by atoms with van der Waals surface area (Å²) in [6, 6.07) is 11.5. The van der Waals surface area contributed by atoms with Gasteiger partial charge in [-0.05, 0) is 53.0 Å². The lowest BCUT2D eigenvalue weighted by Crippen LogP contribution is -2.48. The van der Waals surface area contributed by atoms with E-state index in [0.717, 1.165) is 43.0 Å². The molecule has 3 rings (SSSR count). The Balaban J connectivity index is 1.48. The van der Waals surface area contributed by atoms with Gasteiger partial charge in [0.2, 0.25) is 5.91 Å². The van der Waals surface area contributed by atoms with E-state index in [1.807, 2.05) is 44.2 Å². The maximum atomic E-state index is 14.1. The summed E-state index contributed by atoms with van der Waals surface area (Å²) in [6.07, 6.45) is 0. The molecule has 1 aliphatic heterocycles. The van der Waals surface area contributed by atoms with Crippen molar-refractivity contribution >= 4 is 27.5 Å². The van der Waals surface area contributed by atoms with Crippen molar-refractivity contribution < 1.29 is 9.18 Å². The van der Waals surface area contributed by atoms with E-state index in [2.05, 4.69) is 31.0 Å². The zero-order chi connectivity index (χ0) is 19.4. The van der Waals surface area contributed by atoms with Gasteiger partial charge in [-0.25, -0.2) is 4.39 Å². The summed E-state index contributed by atoms with van der Waals surface area (Å²) in [5.41, 5.74) is 3.77. The van der Waals surface area contributed by atoms with Gasteiger partial charge in [0.15, 0.2) is 0 Å². The zero-order valence-corrected chi connectivity index (χ0v) is 17.4. The predicted octanol–water partition coefficient (Wildman–Crippen LogP) is 3.96. The minimum atomic E-state index is -0.187. The van der Waals surface area contributed by atoms with Crippen LogP contribution in [-0.4, -0.2) is 48.4 Å². The number of carbonyl (C=O) groups is 1. The maximum absolute atomic E-state index is 14.1. The Kier molecular flexibility index (Phi) is 6.63. The van der Waals surface area contributed by atoms with Gasteiger partial charge in [-0.15, -0.1) is 0 Å². The summed E-state index contributed by atoms with van der Waals surface area (Å²) in [5.74, 6) is -0.178. The fourth-order valence-corrected chi connectivity index (χ4v) is 3.69. The fourth-order valence-electron chi connectivity index (χ4n) is 3.28. The Bertz CT molecular complexity index is 819. The zero-order valence-electron chi connectivity index (χ0n) is 15.8. The Hall–Kier alpha value is -1.76. The Morgan fingerprint density at radius 2 is 1.81 bits per heavy atom. The molecule has 1 fully saturated rings. The summed E-state index contributed by atoms with van der Waals surface area (Å²) < 4.78 is 14.6. The highest BCUT2D eigenvalue weighted by molar-refractivity contribution is 9.10. The topological polar surface area (TPSA) is 35.6 Å². The minimum absolute atomic E-state index is 0.00943. The molecule has 27 heavy (non-hydrogen) atoms. The number of aryl methyl sites for hydroxylation is 2. The fraction of sp³-hybridized carbons (Fsp3) is 0.381. The molecule has 0 saturated carbocycles. The second-order valence-electron chi connectivity index (χ2n) is 7.13. The molecular weight excluding hydrogens is 409 g/mol. The van der Waals surface area contributed by atoms with Gasteiger partial charge in [-0.1, -0.05) is 24.3 Å². The van der Waals surface area contributed by atoms with Crippen LogP contribution in [0.15, 0.2) is 40.9 Å². The molecule has 144 valence electrons. The van der Waals surface area contributed by atoms with E-state index in [1.54, 1.807) is 6.07 Å². The first-order chi connectivity index (χ1) is 12.9. The Labute approximate surface area is 168 Å². The van der Waals surface area contributed by atoms with Crippen LogP contribution in [0.25, 0.3) is 0 Å². The van der Waals surface area contributed by atoms with E-state index in [9.17, 15) is 9.18 Å². The third kappa shape index (κ3) is 5.37. The van der Waals surface area contributed by atoms with E-state index < -0.39 is 0 Å². The van der Waals surface area contributed by atoms with Crippen LogP contribution >= 0.6 is 15.9 Å². The van der Waals surface area contributed by atoms with Gasteiger partial charge in [-0.3, -0.25) is 14.6 Å². The van der Waals surface area contributed by atoms with Crippen molar-refractivity contribution in [2.45, 2.75) is 20.4 Å². The van der Waals surface area contributed by atoms with Crippen molar-refractivity contribution in [3.63, 3.8) is 0 Å². The number of piperazine rings is 1. The van der Waals surface area contributed by atoms with Gasteiger partial charge < -0.3 is 5.32 Å². The molecule has 1 N–H and O–H groups in total. The molecule has 1 aliphatic rings. The SMILES string of the molecule is Cc1ccc(C)c(NC(=O)CN2CCN(Cc3cccc(Br)c3F)CC2)c1. The standard InChI is InChI=1S/C21H25BrFN3O/c1-15-6-7-16(2)19(12-15)24-20(27)14-26-10-8-25(9-11-26)13-17-4-3-5-18(22)21(17)23/h3-7,12H,8-11,13-14H2,1-2H3,(H,24,27). The molecule has 0 atom stereocenters. The van der Waals surface area contributed by atoms with Crippen LogP contribution in [0.2, 0.25) is 0 Å². The molecule has 1 amide bonds. The average molecular weight is 434 g/mol. The summed E-state index contributed by atoms with van der Waals surface area (Å²) in [7, 11) is 0. The van der Waals surface area contributed by atoms with Gasteiger partial charge in [0.1, 0.15) is 5.82 Å². The molecule has 1 saturated heterocycles. The molecule has 0 spiro atoms. The lowest BCUT2D eigenvalue weighted by molar-refractivity contribution is -0.117. The number of carbonyl (C=O) groups excluding carboxylic acids is 1. The predicted molar refractivity (Wildman–Crippen MR) is 110 cm³/mol. The van der Waals surface area contributed by atoms with Crippen molar-refractivity contribution in [3.8, 4) is 0 Å². The van der Waals surface area contributed by atoms with Crippen LogP contribution in [0.4, 0.5) is 10.1 Å². The Morgan fingerprint density at radius 1 is 1.11 bits per heavy atom. The number of benzene rings is 2. The smallest absolute Gasteiger partial charge is 0.238 e. The van der Waals surface area contributed by atoms with Gasteiger partial charge in [0.05, 0.1) is 11.0 Å². The van der Waals surface area contributed by atoms with Crippen LogP contribution in [0.5, 0.6) is 0 Å². The van der Waals surface area contributed by atoms with Crippen LogP contribution in [0.1, 0.15) is 16.7 Å². The number of halogens is 2. The first kappa shape index (κ1) is 20.0. The van der Waals surface area contributed by atoms with E-state index in [4.69, 9.17) is 0 Å². The van der Waals surface area contributed by atoms with Gasteiger partial charge in [0.25, 0.3) is 0 Å². The molecule has 0 radical (unpaired) electrons. The first-order valence-electron chi connectivity index (χ1n) is 9.17. The van der Waals surface area contributed by atoms with Gasteiger partial charge >= 0.3 is 0 Å². The molecule has 0 bridgehead atoms. The quantitative estimate of drug-likeness (QED) is 0.774. The first-order valence-corrected chi connectivity index (χ1v) is 9.96. The summed E-state index contributed by atoms with van der Waals surface area (Å²) in [6.45, 7) is 8.23. The molecular formula is C21H25BrFN3O. The molecule has 2 aromatic carbocycles. The highest BCUT2D eigenvalue weighted by Gasteiger charge is 2.20. The van der Waals surface area contributed by atoms with Crippen molar-refractivity contribution in [2.75, 3.05) is 38.0 Å². The van der Waals surface area contributed by atoms with Crippen LogP contribution in [-0.2, 0) is 11.3 Å².